The molecule has 0 bridgehead atoms. The Labute approximate surface area is 119 Å². The van der Waals surface area contributed by atoms with Gasteiger partial charge < -0.3 is 9.64 Å². The van der Waals surface area contributed by atoms with Crippen LogP contribution in [-0.4, -0.2) is 35.1 Å². The van der Waals surface area contributed by atoms with E-state index in [0.29, 0.717) is 11.9 Å². The summed E-state index contributed by atoms with van der Waals surface area (Å²) in [5, 5.41) is 0.711. The molecule has 1 aliphatic heterocycles. The third-order valence-corrected chi connectivity index (χ3v) is 4.58. The molecule has 0 unspecified atom stereocenters. The Bertz CT molecular complexity index is 388. The normalized spacial score (nSPS) is 16.4. The van der Waals surface area contributed by atoms with E-state index in [1.807, 2.05) is 47.0 Å². The highest BCUT2D eigenvalue weighted by Gasteiger charge is 2.23. The lowest BCUT2D eigenvalue weighted by Gasteiger charge is -2.30. The number of piperidine rings is 1. The first kappa shape index (κ1) is 14.3. The van der Waals surface area contributed by atoms with E-state index >= 15 is 0 Å². The van der Waals surface area contributed by atoms with E-state index in [-0.39, 0.29) is 6.09 Å². The number of likely N-dealkylation sites (tertiary alicyclic amines) is 1. The van der Waals surface area contributed by atoms with E-state index in [1.54, 1.807) is 0 Å². The molecule has 0 saturated carbocycles. The van der Waals surface area contributed by atoms with Gasteiger partial charge in [-0.25, -0.2) is 4.79 Å². The minimum absolute atomic E-state index is 0.177. The van der Waals surface area contributed by atoms with Gasteiger partial charge in [0.25, 0.3) is 0 Å². The van der Waals surface area contributed by atoms with Crippen LogP contribution < -0.4 is 0 Å². The van der Waals surface area contributed by atoms with E-state index in [1.165, 1.54) is 0 Å². The van der Waals surface area contributed by atoms with Crippen molar-refractivity contribution in [3.63, 3.8) is 0 Å². The summed E-state index contributed by atoms with van der Waals surface area (Å²) >= 11 is 2.00. The minimum atomic E-state index is -0.177. The lowest BCUT2D eigenvalue weighted by Crippen LogP contribution is -2.39. The number of carbonyl (C=O) groups is 1. The van der Waals surface area contributed by atoms with Crippen molar-refractivity contribution < 1.29 is 9.53 Å². The number of benzene rings is 1. The van der Waals surface area contributed by atoms with Crippen LogP contribution >= 0.6 is 11.8 Å². The first-order valence-corrected chi connectivity index (χ1v) is 7.91. The summed E-state index contributed by atoms with van der Waals surface area (Å²) in [6.07, 6.45) is 1.99. The molecule has 1 aliphatic rings. The highest BCUT2D eigenvalue weighted by molar-refractivity contribution is 7.99. The molecule has 1 aromatic carbocycles. The third kappa shape index (κ3) is 4.46. The Kier molecular flexibility index (Phi) is 5.58. The average molecular weight is 279 g/mol. The minimum Gasteiger partial charge on any atom is -0.445 e. The van der Waals surface area contributed by atoms with Crippen LogP contribution in [0.25, 0.3) is 0 Å². The molecule has 4 heteroatoms. The molecular formula is C15H21NO2S. The van der Waals surface area contributed by atoms with Crippen LogP contribution in [0.4, 0.5) is 4.79 Å². The standard InChI is InChI=1S/C15H21NO2S/c1-2-19-14-8-10-16(11-9-14)15(17)18-12-13-6-4-3-5-7-13/h3-7,14H,2,8-12H2,1H3. The van der Waals surface area contributed by atoms with Gasteiger partial charge in [-0.3, -0.25) is 0 Å². The molecule has 0 atom stereocenters. The van der Waals surface area contributed by atoms with E-state index in [2.05, 4.69) is 6.92 Å². The van der Waals surface area contributed by atoms with Crippen LogP contribution in [0.5, 0.6) is 0 Å². The van der Waals surface area contributed by atoms with Gasteiger partial charge in [-0.15, -0.1) is 0 Å². The molecule has 0 radical (unpaired) electrons. The van der Waals surface area contributed by atoms with Gasteiger partial charge in [0, 0.05) is 18.3 Å². The Hall–Kier alpha value is -1.16. The number of amides is 1. The van der Waals surface area contributed by atoms with Crippen molar-refractivity contribution in [2.45, 2.75) is 31.6 Å². The lowest BCUT2D eigenvalue weighted by atomic mass is 10.1. The molecule has 0 aliphatic carbocycles. The Morgan fingerprint density at radius 3 is 2.63 bits per heavy atom. The van der Waals surface area contributed by atoms with Gasteiger partial charge in [-0.05, 0) is 24.2 Å². The summed E-state index contributed by atoms with van der Waals surface area (Å²) in [5.41, 5.74) is 1.03. The number of nitrogens with zero attached hydrogens (tertiary/aromatic N) is 1. The van der Waals surface area contributed by atoms with E-state index < -0.39 is 0 Å². The van der Waals surface area contributed by atoms with E-state index in [0.717, 1.165) is 37.2 Å². The van der Waals surface area contributed by atoms with Crippen LogP contribution in [0.3, 0.4) is 0 Å². The number of carbonyl (C=O) groups excluding carboxylic acids is 1. The SMILES string of the molecule is CCSC1CCN(C(=O)OCc2ccccc2)CC1. The number of hydrogen-bond acceptors (Lipinski definition) is 3. The second kappa shape index (κ2) is 7.43. The first-order chi connectivity index (χ1) is 9.29. The van der Waals surface area contributed by atoms with Gasteiger partial charge in [-0.2, -0.15) is 11.8 Å². The van der Waals surface area contributed by atoms with Crippen LogP contribution in [0, 0.1) is 0 Å². The monoisotopic (exact) mass is 279 g/mol. The number of ether oxygens (including phenoxy) is 1. The molecule has 3 nitrogen and oxygen atoms in total. The van der Waals surface area contributed by atoms with Gasteiger partial charge in [0.15, 0.2) is 0 Å². The Balaban J connectivity index is 1.73. The summed E-state index contributed by atoms with van der Waals surface area (Å²) in [5.74, 6) is 1.16. The fourth-order valence-corrected chi connectivity index (χ4v) is 3.27. The van der Waals surface area contributed by atoms with Crippen molar-refractivity contribution in [3.05, 3.63) is 35.9 Å². The zero-order valence-electron chi connectivity index (χ0n) is 11.4. The van der Waals surface area contributed by atoms with Crippen LogP contribution in [-0.2, 0) is 11.3 Å². The number of hydrogen-bond donors (Lipinski definition) is 0. The average Bonchev–Trinajstić information content (AvgIpc) is 2.47. The van der Waals surface area contributed by atoms with Crippen molar-refractivity contribution in [2.24, 2.45) is 0 Å². The van der Waals surface area contributed by atoms with Crippen molar-refractivity contribution >= 4 is 17.9 Å². The maximum absolute atomic E-state index is 11.9. The van der Waals surface area contributed by atoms with Crippen molar-refractivity contribution in [1.29, 1.82) is 0 Å². The number of thioether (sulfide) groups is 1. The Morgan fingerprint density at radius 2 is 2.00 bits per heavy atom. The maximum atomic E-state index is 11.9. The highest BCUT2D eigenvalue weighted by atomic mass is 32.2. The molecule has 104 valence electrons. The molecular weight excluding hydrogens is 258 g/mol. The predicted molar refractivity (Wildman–Crippen MR) is 79.4 cm³/mol. The molecule has 1 saturated heterocycles. The smallest absolute Gasteiger partial charge is 0.410 e. The molecule has 1 amide bonds. The van der Waals surface area contributed by atoms with Crippen molar-refractivity contribution in [3.8, 4) is 0 Å². The van der Waals surface area contributed by atoms with Crippen molar-refractivity contribution in [1.82, 2.24) is 4.90 Å². The second-order valence-corrected chi connectivity index (χ2v) is 6.26. The first-order valence-electron chi connectivity index (χ1n) is 6.87. The van der Waals surface area contributed by atoms with Gasteiger partial charge in [0.2, 0.25) is 0 Å². The highest BCUT2D eigenvalue weighted by Crippen LogP contribution is 2.23. The lowest BCUT2D eigenvalue weighted by molar-refractivity contribution is 0.0901. The molecule has 1 heterocycles. The summed E-state index contributed by atoms with van der Waals surface area (Å²) < 4.78 is 5.34. The fraction of sp³-hybridized carbons (Fsp3) is 0.533. The van der Waals surface area contributed by atoms with Crippen molar-refractivity contribution in [2.75, 3.05) is 18.8 Å². The molecule has 0 aromatic heterocycles. The summed E-state index contributed by atoms with van der Waals surface area (Å²) in [6.45, 7) is 4.20. The molecule has 2 rings (SSSR count). The second-order valence-electron chi connectivity index (χ2n) is 4.68. The molecule has 0 N–H and O–H groups in total. The van der Waals surface area contributed by atoms with Gasteiger partial charge in [0.1, 0.15) is 6.61 Å². The molecule has 0 spiro atoms. The zero-order valence-corrected chi connectivity index (χ0v) is 12.2. The Morgan fingerprint density at radius 1 is 1.32 bits per heavy atom. The molecule has 19 heavy (non-hydrogen) atoms. The third-order valence-electron chi connectivity index (χ3n) is 3.31. The van der Waals surface area contributed by atoms with Crippen LogP contribution in [0.2, 0.25) is 0 Å². The summed E-state index contributed by atoms with van der Waals surface area (Å²) in [6, 6.07) is 9.81. The quantitative estimate of drug-likeness (QED) is 0.844. The largest absolute Gasteiger partial charge is 0.445 e. The van der Waals surface area contributed by atoms with Gasteiger partial charge >= 0.3 is 6.09 Å². The van der Waals surface area contributed by atoms with E-state index in [4.69, 9.17) is 4.74 Å². The zero-order chi connectivity index (χ0) is 13.5. The summed E-state index contributed by atoms with van der Waals surface area (Å²) in [7, 11) is 0. The fourth-order valence-electron chi connectivity index (χ4n) is 2.25. The molecule has 1 aromatic rings. The van der Waals surface area contributed by atoms with Crippen LogP contribution in [0.1, 0.15) is 25.3 Å². The van der Waals surface area contributed by atoms with Gasteiger partial charge in [0.05, 0.1) is 0 Å². The number of rotatable bonds is 4. The van der Waals surface area contributed by atoms with Crippen LogP contribution in [0.15, 0.2) is 30.3 Å². The predicted octanol–water partition coefficient (Wildman–Crippen LogP) is 3.54. The summed E-state index contributed by atoms with van der Waals surface area (Å²) in [4.78, 5) is 13.8. The topological polar surface area (TPSA) is 29.5 Å². The van der Waals surface area contributed by atoms with E-state index in [9.17, 15) is 4.79 Å². The molecule has 1 fully saturated rings. The maximum Gasteiger partial charge on any atom is 0.410 e. The van der Waals surface area contributed by atoms with Gasteiger partial charge in [-0.1, -0.05) is 37.3 Å².